The van der Waals surface area contributed by atoms with Crippen molar-refractivity contribution in [1.29, 1.82) is 5.26 Å². The quantitative estimate of drug-likeness (QED) is 0.602. The summed E-state index contributed by atoms with van der Waals surface area (Å²) in [5.74, 6) is -0.744. The van der Waals surface area contributed by atoms with E-state index in [9.17, 15) is 9.18 Å². The van der Waals surface area contributed by atoms with Crippen LogP contribution in [-0.2, 0) is 0 Å². The van der Waals surface area contributed by atoms with Crippen LogP contribution in [0, 0.1) is 24.1 Å². The van der Waals surface area contributed by atoms with Gasteiger partial charge in [0.15, 0.2) is 5.78 Å². The highest BCUT2D eigenvalue weighted by molar-refractivity contribution is 9.09. The molecule has 4 heteroatoms. The normalized spacial score (nSPS) is 9.57. The van der Waals surface area contributed by atoms with Gasteiger partial charge in [0.05, 0.1) is 17.0 Å². The van der Waals surface area contributed by atoms with Gasteiger partial charge in [0.2, 0.25) is 0 Å². The van der Waals surface area contributed by atoms with Crippen LogP contribution in [0.3, 0.4) is 0 Å². The highest BCUT2D eigenvalue weighted by Gasteiger charge is 2.15. The zero-order valence-corrected chi connectivity index (χ0v) is 9.06. The number of ketones is 1. The fourth-order valence-electron chi connectivity index (χ4n) is 1.21. The molecule has 0 heterocycles. The van der Waals surface area contributed by atoms with Crippen molar-refractivity contribution in [3.8, 4) is 6.07 Å². The minimum atomic E-state index is -0.465. The average Bonchev–Trinajstić information content (AvgIpc) is 2.20. The lowest BCUT2D eigenvalue weighted by Gasteiger charge is -2.05. The molecular formula is C10H7BrFNO. The van der Waals surface area contributed by atoms with Crippen LogP contribution in [0.2, 0.25) is 0 Å². The number of hydrogen-bond donors (Lipinski definition) is 0. The summed E-state index contributed by atoms with van der Waals surface area (Å²) in [7, 11) is 0. The Balaban J connectivity index is 3.45. The van der Waals surface area contributed by atoms with Crippen molar-refractivity contribution < 1.29 is 9.18 Å². The third kappa shape index (κ3) is 1.83. The first-order valence-corrected chi connectivity index (χ1v) is 5.02. The number of nitrogens with zero attached hydrogens (tertiary/aromatic N) is 1. The van der Waals surface area contributed by atoms with Gasteiger partial charge in [0, 0.05) is 5.56 Å². The van der Waals surface area contributed by atoms with Gasteiger partial charge in [-0.25, -0.2) is 4.39 Å². The molecule has 1 rings (SSSR count). The smallest absolute Gasteiger partial charge is 0.175 e. The lowest BCUT2D eigenvalue weighted by atomic mass is 9.99. The fraction of sp³-hybridized carbons (Fsp3) is 0.200. The number of alkyl halides is 1. The van der Waals surface area contributed by atoms with E-state index in [1.165, 1.54) is 19.1 Å². The summed E-state index contributed by atoms with van der Waals surface area (Å²) in [6.45, 7) is 1.49. The van der Waals surface area contributed by atoms with Gasteiger partial charge in [-0.3, -0.25) is 4.79 Å². The molecule has 0 aliphatic carbocycles. The zero-order valence-electron chi connectivity index (χ0n) is 7.47. The van der Waals surface area contributed by atoms with Gasteiger partial charge < -0.3 is 0 Å². The first kappa shape index (κ1) is 10.9. The van der Waals surface area contributed by atoms with E-state index < -0.39 is 5.82 Å². The molecular weight excluding hydrogens is 249 g/mol. The molecule has 0 amide bonds. The van der Waals surface area contributed by atoms with Crippen molar-refractivity contribution in [2.45, 2.75) is 6.92 Å². The molecule has 1 aromatic rings. The number of Topliss-reactive ketones (excluding diaryl/α,β-unsaturated/α-hetero) is 1. The Hall–Kier alpha value is -1.21. The number of rotatable bonds is 2. The van der Waals surface area contributed by atoms with Gasteiger partial charge in [0.25, 0.3) is 0 Å². The van der Waals surface area contributed by atoms with Crippen LogP contribution in [0.1, 0.15) is 21.5 Å². The maximum atomic E-state index is 13.1. The standard InChI is InChI=1S/C10H7BrFNO/c1-6-8(12)3-2-7(5-13)10(6)9(14)4-11/h2-3H,4H2,1H3. The molecule has 0 fully saturated rings. The second-order valence-corrected chi connectivity index (χ2v) is 3.32. The molecule has 0 unspecified atom stereocenters. The Morgan fingerprint density at radius 3 is 2.79 bits per heavy atom. The monoisotopic (exact) mass is 255 g/mol. The molecule has 0 aliphatic heterocycles. The molecule has 14 heavy (non-hydrogen) atoms. The Morgan fingerprint density at radius 2 is 2.29 bits per heavy atom. The van der Waals surface area contributed by atoms with Crippen LogP contribution in [0.15, 0.2) is 12.1 Å². The maximum absolute atomic E-state index is 13.1. The number of carbonyl (C=O) groups is 1. The van der Waals surface area contributed by atoms with Crippen molar-refractivity contribution in [3.63, 3.8) is 0 Å². The van der Waals surface area contributed by atoms with Crippen molar-refractivity contribution >= 4 is 21.7 Å². The van der Waals surface area contributed by atoms with Crippen molar-refractivity contribution in [2.75, 3.05) is 5.33 Å². The summed E-state index contributed by atoms with van der Waals surface area (Å²) in [6.07, 6.45) is 0. The van der Waals surface area contributed by atoms with Crippen LogP contribution >= 0.6 is 15.9 Å². The SMILES string of the molecule is Cc1c(F)ccc(C#N)c1C(=O)CBr. The summed E-state index contributed by atoms with van der Waals surface area (Å²) in [4.78, 5) is 11.4. The molecule has 72 valence electrons. The van der Waals surface area contributed by atoms with Crippen LogP contribution in [0.4, 0.5) is 4.39 Å². The molecule has 0 spiro atoms. The first-order chi connectivity index (χ1) is 6.61. The largest absolute Gasteiger partial charge is 0.293 e. The third-order valence-corrected chi connectivity index (χ3v) is 2.43. The van der Waals surface area contributed by atoms with Gasteiger partial charge in [-0.1, -0.05) is 15.9 Å². The molecule has 0 saturated carbocycles. The van der Waals surface area contributed by atoms with Gasteiger partial charge in [-0.2, -0.15) is 5.26 Å². The molecule has 1 aromatic carbocycles. The molecule has 0 aromatic heterocycles. The van der Waals surface area contributed by atoms with Crippen molar-refractivity contribution in [2.24, 2.45) is 0 Å². The molecule has 0 radical (unpaired) electrons. The molecule has 0 atom stereocenters. The number of carbonyl (C=O) groups excluding carboxylic acids is 1. The Labute approximate surface area is 89.5 Å². The lowest BCUT2D eigenvalue weighted by molar-refractivity contribution is 0.102. The molecule has 0 bridgehead atoms. The summed E-state index contributed by atoms with van der Waals surface area (Å²) < 4.78 is 13.1. The van der Waals surface area contributed by atoms with E-state index in [4.69, 9.17) is 5.26 Å². The topological polar surface area (TPSA) is 40.9 Å². The number of halogens is 2. The van der Waals surface area contributed by atoms with Gasteiger partial charge >= 0.3 is 0 Å². The minimum absolute atomic E-state index is 0.0893. The van der Waals surface area contributed by atoms with Crippen LogP contribution in [0.5, 0.6) is 0 Å². The van der Waals surface area contributed by atoms with E-state index in [0.29, 0.717) is 0 Å². The summed E-state index contributed by atoms with van der Waals surface area (Å²) >= 11 is 2.99. The first-order valence-electron chi connectivity index (χ1n) is 3.90. The molecule has 0 N–H and O–H groups in total. The van der Waals surface area contributed by atoms with E-state index in [2.05, 4.69) is 15.9 Å². The van der Waals surface area contributed by atoms with Crippen LogP contribution in [0.25, 0.3) is 0 Å². The van der Waals surface area contributed by atoms with Crippen molar-refractivity contribution in [3.05, 3.63) is 34.6 Å². The van der Waals surface area contributed by atoms with E-state index in [1.54, 1.807) is 0 Å². The van der Waals surface area contributed by atoms with Gasteiger partial charge in [0.1, 0.15) is 5.82 Å². The summed E-state index contributed by atoms with van der Waals surface area (Å²) in [5.41, 5.74) is 0.617. The average molecular weight is 256 g/mol. The van der Waals surface area contributed by atoms with Gasteiger partial charge in [-0.15, -0.1) is 0 Å². The van der Waals surface area contributed by atoms with Crippen LogP contribution in [-0.4, -0.2) is 11.1 Å². The minimum Gasteiger partial charge on any atom is -0.293 e. The number of benzene rings is 1. The van der Waals surface area contributed by atoms with Gasteiger partial charge in [-0.05, 0) is 24.6 Å². The van der Waals surface area contributed by atoms with E-state index >= 15 is 0 Å². The number of nitriles is 1. The second-order valence-electron chi connectivity index (χ2n) is 2.76. The van der Waals surface area contributed by atoms with Crippen LogP contribution < -0.4 is 0 Å². The summed E-state index contributed by atoms with van der Waals surface area (Å²) in [5, 5.41) is 8.83. The van der Waals surface area contributed by atoms with E-state index in [-0.39, 0.29) is 27.8 Å². The second kappa shape index (κ2) is 4.34. The highest BCUT2D eigenvalue weighted by atomic mass is 79.9. The Kier molecular flexibility index (Phi) is 3.37. The Morgan fingerprint density at radius 1 is 1.64 bits per heavy atom. The number of hydrogen-bond acceptors (Lipinski definition) is 2. The summed E-state index contributed by atoms with van der Waals surface area (Å²) in [6, 6.07) is 4.38. The fourth-order valence-corrected chi connectivity index (χ4v) is 1.49. The third-order valence-electron chi connectivity index (χ3n) is 1.92. The maximum Gasteiger partial charge on any atom is 0.175 e. The Bertz CT molecular complexity index is 423. The van der Waals surface area contributed by atoms with E-state index in [0.717, 1.165) is 0 Å². The highest BCUT2D eigenvalue weighted by Crippen LogP contribution is 2.18. The lowest BCUT2D eigenvalue weighted by Crippen LogP contribution is -2.07. The predicted octanol–water partition coefficient (Wildman–Crippen LogP) is 2.58. The molecule has 0 saturated heterocycles. The van der Waals surface area contributed by atoms with Crippen molar-refractivity contribution in [1.82, 2.24) is 0 Å². The molecule has 0 aliphatic rings. The van der Waals surface area contributed by atoms with E-state index in [1.807, 2.05) is 6.07 Å². The molecule has 2 nitrogen and oxygen atoms in total. The predicted molar refractivity (Wildman–Crippen MR) is 54.0 cm³/mol. The zero-order chi connectivity index (χ0) is 10.7.